The Labute approximate surface area is 206 Å². The molecule has 1 aliphatic heterocycles. The molecule has 0 unspecified atom stereocenters. The highest BCUT2D eigenvalue weighted by atomic mass is 32.2. The van der Waals surface area contributed by atoms with Crippen molar-refractivity contribution < 1.29 is 17.9 Å². The molecule has 5 rings (SSSR count). The lowest BCUT2D eigenvalue weighted by atomic mass is 9.92. The van der Waals surface area contributed by atoms with Crippen LogP contribution in [0.3, 0.4) is 0 Å². The molecule has 2 fully saturated rings. The summed E-state index contributed by atoms with van der Waals surface area (Å²) < 4.78 is 43.4. The molecule has 3 heterocycles. The van der Waals surface area contributed by atoms with Gasteiger partial charge in [-0.1, -0.05) is 12.1 Å². The van der Waals surface area contributed by atoms with Crippen LogP contribution in [0.25, 0.3) is 11.1 Å². The molecule has 0 spiro atoms. The Hall–Kier alpha value is -2.62. The van der Waals surface area contributed by atoms with Crippen LogP contribution >= 0.6 is 11.8 Å². The highest BCUT2D eigenvalue weighted by molar-refractivity contribution is 8.00. The monoisotopic (exact) mass is 500 g/mol. The van der Waals surface area contributed by atoms with Gasteiger partial charge in [0.2, 0.25) is 0 Å². The first-order valence-electron chi connectivity index (χ1n) is 11.7. The number of nitrogens with two attached hydrogens (primary N) is 1. The third kappa shape index (κ3) is 5.63. The number of pyridine rings is 2. The molecule has 2 aliphatic rings. The molecule has 184 valence electrons. The van der Waals surface area contributed by atoms with Crippen molar-refractivity contribution in [3.63, 3.8) is 0 Å². The molecule has 1 saturated carbocycles. The highest BCUT2D eigenvalue weighted by Gasteiger charge is 2.37. The number of alkyl halides is 3. The van der Waals surface area contributed by atoms with E-state index in [1.54, 1.807) is 6.20 Å². The van der Waals surface area contributed by atoms with Crippen LogP contribution in [0.1, 0.15) is 36.9 Å². The second-order valence-electron chi connectivity index (χ2n) is 9.27. The van der Waals surface area contributed by atoms with Crippen LogP contribution in [0.2, 0.25) is 0 Å². The Kier molecular flexibility index (Phi) is 6.74. The van der Waals surface area contributed by atoms with Gasteiger partial charge in [-0.2, -0.15) is 13.2 Å². The molecule has 1 aromatic carbocycles. The van der Waals surface area contributed by atoms with E-state index >= 15 is 0 Å². The average molecular weight is 501 g/mol. The Morgan fingerprint density at radius 1 is 0.943 bits per heavy atom. The van der Waals surface area contributed by atoms with Crippen molar-refractivity contribution in [2.75, 3.05) is 18.5 Å². The van der Waals surface area contributed by atoms with Crippen molar-refractivity contribution in [3.05, 3.63) is 72.2 Å². The number of anilines is 1. The summed E-state index contributed by atoms with van der Waals surface area (Å²) in [6.45, 7) is 0.995. The Morgan fingerprint density at radius 2 is 1.69 bits per heavy atom. The van der Waals surface area contributed by atoms with Crippen molar-refractivity contribution >= 4 is 17.6 Å². The van der Waals surface area contributed by atoms with Crippen molar-refractivity contribution in [1.29, 1.82) is 0 Å². The number of nitrogens with one attached hydrogen (secondary N) is 1. The number of rotatable bonds is 6. The molecule has 0 bridgehead atoms. The number of halogens is 3. The summed E-state index contributed by atoms with van der Waals surface area (Å²) in [6, 6.07) is 15.3. The van der Waals surface area contributed by atoms with Crippen LogP contribution < -0.4 is 11.1 Å². The number of nitrogens with zero attached hydrogens (tertiary/aromatic N) is 2. The SMILES string of the molecule is NC1(c2cc(-c3ccc(S[C@H]4CC[C@H](Nc5ccc(C(F)(F)F)cn5)CC4)cc3)ccn2)COC1. The van der Waals surface area contributed by atoms with Crippen LogP contribution in [-0.4, -0.2) is 34.5 Å². The maximum Gasteiger partial charge on any atom is 0.417 e. The summed E-state index contributed by atoms with van der Waals surface area (Å²) in [5.41, 5.74) is 8.19. The van der Waals surface area contributed by atoms with E-state index in [0.717, 1.165) is 54.8 Å². The summed E-state index contributed by atoms with van der Waals surface area (Å²) in [7, 11) is 0. The predicted octanol–water partition coefficient (Wildman–Crippen LogP) is 5.86. The van der Waals surface area contributed by atoms with E-state index in [1.165, 1.54) is 11.0 Å². The van der Waals surface area contributed by atoms with Crippen LogP contribution in [-0.2, 0) is 16.5 Å². The molecule has 3 aromatic rings. The van der Waals surface area contributed by atoms with Gasteiger partial charge in [-0.15, -0.1) is 11.8 Å². The summed E-state index contributed by atoms with van der Waals surface area (Å²) >= 11 is 1.88. The summed E-state index contributed by atoms with van der Waals surface area (Å²) in [6.07, 6.45) is 2.33. The van der Waals surface area contributed by atoms with Crippen molar-refractivity contribution in [2.24, 2.45) is 5.73 Å². The van der Waals surface area contributed by atoms with Crippen LogP contribution in [0.5, 0.6) is 0 Å². The highest BCUT2D eigenvalue weighted by Crippen LogP contribution is 2.36. The Bertz CT molecular complexity index is 1140. The zero-order chi connectivity index (χ0) is 24.5. The minimum Gasteiger partial charge on any atom is -0.377 e. The summed E-state index contributed by atoms with van der Waals surface area (Å²) in [5, 5.41) is 3.80. The van der Waals surface area contributed by atoms with Gasteiger partial charge in [0.1, 0.15) is 11.4 Å². The maximum absolute atomic E-state index is 12.7. The van der Waals surface area contributed by atoms with Crippen LogP contribution in [0.15, 0.2) is 65.8 Å². The standard InChI is InChI=1S/C26H27F3N4OS/c27-26(28,29)19-3-10-24(32-14-19)33-20-4-8-22(9-5-20)35-21-6-1-17(2-7-21)18-11-12-31-23(13-18)25(30)15-34-16-25/h1-3,6-7,10-14,20,22H,4-5,8-9,15-16,30H2,(H,32,33)/t20-,22-. The fourth-order valence-electron chi connectivity index (χ4n) is 4.45. The lowest BCUT2D eigenvalue weighted by molar-refractivity contribution is -0.137. The first kappa shape index (κ1) is 24.1. The predicted molar refractivity (Wildman–Crippen MR) is 131 cm³/mol. The maximum atomic E-state index is 12.7. The molecular weight excluding hydrogens is 473 g/mol. The zero-order valence-corrected chi connectivity index (χ0v) is 19.9. The number of hydrogen-bond acceptors (Lipinski definition) is 6. The normalized spacial score (nSPS) is 21.8. The molecule has 35 heavy (non-hydrogen) atoms. The smallest absolute Gasteiger partial charge is 0.377 e. The van der Waals surface area contributed by atoms with Gasteiger partial charge < -0.3 is 15.8 Å². The summed E-state index contributed by atoms with van der Waals surface area (Å²) in [4.78, 5) is 9.60. The fraction of sp³-hybridized carbons (Fsp3) is 0.385. The van der Waals surface area contributed by atoms with E-state index in [-0.39, 0.29) is 6.04 Å². The second-order valence-corrected chi connectivity index (χ2v) is 10.6. The first-order chi connectivity index (χ1) is 16.8. The number of benzene rings is 1. The third-order valence-corrected chi connectivity index (χ3v) is 7.95. The van der Waals surface area contributed by atoms with Crippen molar-refractivity contribution in [3.8, 4) is 11.1 Å². The van der Waals surface area contributed by atoms with E-state index < -0.39 is 17.3 Å². The van der Waals surface area contributed by atoms with Gasteiger partial charge >= 0.3 is 6.18 Å². The molecule has 5 nitrogen and oxygen atoms in total. The minimum atomic E-state index is -4.36. The van der Waals surface area contributed by atoms with Gasteiger partial charge in [0, 0.05) is 28.6 Å². The van der Waals surface area contributed by atoms with E-state index in [0.29, 0.717) is 24.3 Å². The van der Waals surface area contributed by atoms with E-state index in [1.807, 2.05) is 23.9 Å². The fourth-order valence-corrected chi connectivity index (χ4v) is 5.64. The van der Waals surface area contributed by atoms with Gasteiger partial charge in [0.25, 0.3) is 0 Å². The Morgan fingerprint density at radius 3 is 2.29 bits per heavy atom. The van der Waals surface area contributed by atoms with Gasteiger partial charge in [-0.05, 0) is 73.2 Å². The molecule has 0 amide bonds. The van der Waals surface area contributed by atoms with Gasteiger partial charge in [-0.25, -0.2) is 4.98 Å². The van der Waals surface area contributed by atoms with Crippen LogP contribution in [0.4, 0.5) is 19.0 Å². The zero-order valence-electron chi connectivity index (χ0n) is 19.1. The molecule has 0 radical (unpaired) electrons. The number of aromatic nitrogens is 2. The Balaban J connectivity index is 1.13. The quantitative estimate of drug-likeness (QED) is 0.442. The minimum absolute atomic E-state index is 0.228. The molecule has 1 aliphatic carbocycles. The second kappa shape index (κ2) is 9.79. The third-order valence-electron chi connectivity index (χ3n) is 6.60. The van der Waals surface area contributed by atoms with Gasteiger partial charge in [0.05, 0.1) is 24.5 Å². The molecule has 9 heteroatoms. The van der Waals surface area contributed by atoms with Crippen molar-refractivity contribution in [2.45, 2.75) is 53.6 Å². The molecule has 0 atom stereocenters. The van der Waals surface area contributed by atoms with Gasteiger partial charge in [-0.3, -0.25) is 4.98 Å². The molecule has 3 N–H and O–H groups in total. The topological polar surface area (TPSA) is 73.1 Å². The molecule has 1 saturated heterocycles. The number of ether oxygens (including phenoxy) is 1. The molecule has 2 aromatic heterocycles. The van der Waals surface area contributed by atoms with E-state index in [9.17, 15) is 13.2 Å². The average Bonchev–Trinajstić information content (AvgIpc) is 2.84. The lowest BCUT2D eigenvalue weighted by Crippen LogP contribution is -2.54. The van der Waals surface area contributed by atoms with Crippen molar-refractivity contribution in [1.82, 2.24) is 9.97 Å². The van der Waals surface area contributed by atoms with E-state index in [4.69, 9.17) is 10.5 Å². The van der Waals surface area contributed by atoms with E-state index in [2.05, 4.69) is 39.6 Å². The number of thioether (sulfide) groups is 1. The summed E-state index contributed by atoms with van der Waals surface area (Å²) in [5.74, 6) is 0.495. The lowest BCUT2D eigenvalue weighted by Gasteiger charge is -2.37. The van der Waals surface area contributed by atoms with Crippen LogP contribution in [0, 0.1) is 0 Å². The molecular formula is C26H27F3N4OS. The van der Waals surface area contributed by atoms with Gasteiger partial charge in [0.15, 0.2) is 0 Å². The number of hydrogen-bond donors (Lipinski definition) is 2. The first-order valence-corrected chi connectivity index (χ1v) is 12.6. The largest absolute Gasteiger partial charge is 0.417 e.